The van der Waals surface area contributed by atoms with E-state index < -0.39 is 0 Å². The molecule has 0 saturated carbocycles. The molecule has 96 valence electrons. The summed E-state index contributed by atoms with van der Waals surface area (Å²) in [4.78, 5) is 4.47. The van der Waals surface area contributed by atoms with Gasteiger partial charge in [0.2, 0.25) is 0 Å². The van der Waals surface area contributed by atoms with Crippen LogP contribution in [0, 0.1) is 6.92 Å². The van der Waals surface area contributed by atoms with Gasteiger partial charge in [0.05, 0.1) is 7.11 Å². The Hall–Kier alpha value is -2.17. The third-order valence-electron chi connectivity index (χ3n) is 3.01. The first-order valence-electron chi connectivity index (χ1n) is 5.85. The third-order valence-corrected chi connectivity index (χ3v) is 3.01. The predicted octanol–water partition coefficient (Wildman–Crippen LogP) is 1.73. The van der Waals surface area contributed by atoms with E-state index in [-0.39, 0.29) is 0 Å². The first-order valence-corrected chi connectivity index (χ1v) is 5.85. The number of hydrogen-bond acceptors (Lipinski definition) is 4. The molecule has 1 heterocycles. The highest BCUT2D eigenvalue weighted by atomic mass is 16.5. The van der Waals surface area contributed by atoms with E-state index in [2.05, 4.69) is 4.98 Å². The van der Waals surface area contributed by atoms with Crippen LogP contribution in [-0.2, 0) is 6.42 Å². The molecule has 1 aromatic carbocycles. The van der Waals surface area contributed by atoms with Crippen molar-refractivity contribution in [3.8, 4) is 17.0 Å². The van der Waals surface area contributed by atoms with Crippen molar-refractivity contribution in [2.75, 3.05) is 18.7 Å². The lowest BCUT2D eigenvalue weighted by molar-refractivity contribution is 0.412. The molecular weight excluding hydrogens is 228 g/mol. The van der Waals surface area contributed by atoms with Crippen molar-refractivity contribution in [3.05, 3.63) is 29.6 Å². The zero-order valence-electron chi connectivity index (χ0n) is 10.9. The number of anilines is 1. The van der Waals surface area contributed by atoms with Crippen molar-refractivity contribution in [2.24, 2.45) is 0 Å². The van der Waals surface area contributed by atoms with Gasteiger partial charge in [-0.25, -0.2) is 9.66 Å². The molecule has 0 bridgehead atoms. The molecule has 0 unspecified atom stereocenters. The smallest absolute Gasteiger partial charge is 0.150 e. The van der Waals surface area contributed by atoms with Gasteiger partial charge in [-0.1, -0.05) is 6.92 Å². The van der Waals surface area contributed by atoms with Gasteiger partial charge in [0, 0.05) is 12.0 Å². The molecule has 1 aromatic heterocycles. The van der Waals surface area contributed by atoms with E-state index in [0.29, 0.717) is 5.82 Å². The van der Waals surface area contributed by atoms with E-state index in [9.17, 15) is 0 Å². The van der Waals surface area contributed by atoms with E-state index >= 15 is 0 Å². The highest BCUT2D eigenvalue weighted by molar-refractivity contribution is 5.72. The maximum atomic E-state index is 5.98. The van der Waals surface area contributed by atoms with Crippen LogP contribution in [0.2, 0.25) is 0 Å². The molecule has 0 fully saturated rings. The fourth-order valence-electron chi connectivity index (χ4n) is 1.98. The predicted molar refractivity (Wildman–Crippen MR) is 72.9 cm³/mol. The van der Waals surface area contributed by atoms with Crippen LogP contribution in [0.1, 0.15) is 18.3 Å². The number of aryl methyl sites for hydroxylation is 2. The highest BCUT2D eigenvalue weighted by Gasteiger charge is 2.14. The number of nitrogen functional groups attached to an aromatic ring is 2. The van der Waals surface area contributed by atoms with Crippen LogP contribution in [-0.4, -0.2) is 16.8 Å². The van der Waals surface area contributed by atoms with Crippen molar-refractivity contribution >= 4 is 5.82 Å². The minimum atomic E-state index is 0.483. The van der Waals surface area contributed by atoms with Gasteiger partial charge in [-0.05, 0) is 30.7 Å². The number of imidazole rings is 1. The fraction of sp³-hybridized carbons (Fsp3) is 0.308. The van der Waals surface area contributed by atoms with E-state index in [1.807, 2.05) is 32.0 Å². The summed E-state index contributed by atoms with van der Waals surface area (Å²) in [5.41, 5.74) is 8.69. The molecule has 0 aliphatic carbocycles. The second-order valence-corrected chi connectivity index (χ2v) is 4.17. The molecule has 5 heteroatoms. The lowest BCUT2D eigenvalue weighted by atomic mass is 10.1. The van der Waals surface area contributed by atoms with E-state index in [1.165, 1.54) is 4.68 Å². The minimum absolute atomic E-state index is 0.483. The van der Waals surface area contributed by atoms with Gasteiger partial charge in [0.25, 0.3) is 0 Å². The lowest BCUT2D eigenvalue weighted by Crippen LogP contribution is -2.14. The molecule has 2 aromatic rings. The summed E-state index contributed by atoms with van der Waals surface area (Å²) in [7, 11) is 1.65. The van der Waals surface area contributed by atoms with Crippen molar-refractivity contribution in [1.82, 2.24) is 9.66 Å². The van der Waals surface area contributed by atoms with E-state index in [4.69, 9.17) is 16.3 Å². The van der Waals surface area contributed by atoms with Gasteiger partial charge in [-0.2, -0.15) is 0 Å². The van der Waals surface area contributed by atoms with E-state index in [1.54, 1.807) is 7.11 Å². The quantitative estimate of drug-likeness (QED) is 0.808. The lowest BCUT2D eigenvalue weighted by Gasteiger charge is -2.06. The molecule has 0 spiro atoms. The molecule has 0 aliphatic rings. The van der Waals surface area contributed by atoms with Crippen LogP contribution >= 0.6 is 0 Å². The van der Waals surface area contributed by atoms with Gasteiger partial charge in [0.15, 0.2) is 5.82 Å². The molecular formula is C13H18N4O. The molecule has 0 radical (unpaired) electrons. The Morgan fingerprint density at radius 1 is 1.39 bits per heavy atom. The second kappa shape index (κ2) is 4.60. The Balaban J connectivity index is 2.52. The summed E-state index contributed by atoms with van der Waals surface area (Å²) in [6.07, 6.45) is 0.746. The molecule has 0 amide bonds. The van der Waals surface area contributed by atoms with Gasteiger partial charge >= 0.3 is 0 Å². The monoisotopic (exact) mass is 246 g/mol. The van der Waals surface area contributed by atoms with Crippen molar-refractivity contribution in [1.29, 1.82) is 0 Å². The van der Waals surface area contributed by atoms with Gasteiger partial charge in [-0.3, -0.25) is 0 Å². The Bertz CT molecular complexity index is 575. The van der Waals surface area contributed by atoms with Gasteiger partial charge in [0.1, 0.15) is 17.3 Å². The maximum absolute atomic E-state index is 5.98. The summed E-state index contributed by atoms with van der Waals surface area (Å²) >= 11 is 0. The number of nitrogens with two attached hydrogens (primary N) is 2. The molecule has 0 atom stereocenters. The first kappa shape index (κ1) is 12.3. The second-order valence-electron chi connectivity index (χ2n) is 4.17. The van der Waals surface area contributed by atoms with Gasteiger partial charge in [-0.15, -0.1) is 0 Å². The van der Waals surface area contributed by atoms with Crippen LogP contribution in [0.25, 0.3) is 11.3 Å². The molecule has 4 N–H and O–H groups in total. The number of hydrogen-bond donors (Lipinski definition) is 2. The summed E-state index contributed by atoms with van der Waals surface area (Å²) in [6, 6.07) is 5.84. The van der Waals surface area contributed by atoms with Crippen molar-refractivity contribution in [3.63, 3.8) is 0 Å². The Kier molecular flexibility index (Phi) is 3.14. The minimum Gasteiger partial charge on any atom is -0.496 e. The molecule has 2 rings (SSSR count). The standard InChI is InChI=1S/C13H18N4O/c1-4-11-16-12(13(14)17(11)15)9-5-6-10(18-3)8(2)7-9/h5-7H,4,14-15H2,1-3H3. The summed E-state index contributed by atoms with van der Waals surface area (Å²) in [5, 5.41) is 0. The average molecular weight is 246 g/mol. The Labute approximate surface area is 106 Å². The number of ether oxygens (including phenoxy) is 1. The largest absolute Gasteiger partial charge is 0.496 e. The molecule has 18 heavy (non-hydrogen) atoms. The zero-order chi connectivity index (χ0) is 13.3. The summed E-state index contributed by atoms with van der Waals surface area (Å²) in [5.74, 6) is 7.95. The highest BCUT2D eigenvalue weighted by Crippen LogP contribution is 2.29. The number of benzene rings is 1. The topological polar surface area (TPSA) is 79.1 Å². The van der Waals surface area contributed by atoms with Crippen LogP contribution in [0.3, 0.4) is 0 Å². The summed E-state index contributed by atoms with van der Waals surface area (Å²) in [6.45, 7) is 3.98. The van der Waals surface area contributed by atoms with Crippen LogP contribution in [0.15, 0.2) is 18.2 Å². The molecule has 5 nitrogen and oxygen atoms in total. The Morgan fingerprint density at radius 2 is 2.11 bits per heavy atom. The molecule has 0 saturated heterocycles. The van der Waals surface area contributed by atoms with Crippen molar-refractivity contribution < 1.29 is 4.74 Å². The normalized spacial score (nSPS) is 10.6. The number of nitrogens with zero attached hydrogens (tertiary/aromatic N) is 2. The average Bonchev–Trinajstić information content (AvgIpc) is 2.66. The van der Waals surface area contributed by atoms with Gasteiger partial charge < -0.3 is 16.3 Å². The Morgan fingerprint density at radius 3 is 2.61 bits per heavy atom. The number of aromatic nitrogens is 2. The van der Waals surface area contributed by atoms with Crippen LogP contribution < -0.4 is 16.3 Å². The first-order chi connectivity index (χ1) is 8.58. The number of methoxy groups -OCH3 is 1. The zero-order valence-corrected chi connectivity index (χ0v) is 10.9. The van der Waals surface area contributed by atoms with Crippen LogP contribution in [0.5, 0.6) is 5.75 Å². The molecule has 0 aliphatic heterocycles. The third kappa shape index (κ3) is 1.88. The SMILES string of the molecule is CCc1nc(-c2ccc(OC)c(C)c2)c(N)n1N. The maximum Gasteiger partial charge on any atom is 0.150 e. The van der Waals surface area contributed by atoms with Crippen molar-refractivity contribution in [2.45, 2.75) is 20.3 Å². The van der Waals surface area contributed by atoms with Crippen LogP contribution in [0.4, 0.5) is 5.82 Å². The summed E-state index contributed by atoms with van der Waals surface area (Å²) < 4.78 is 6.67. The fourth-order valence-corrected chi connectivity index (χ4v) is 1.98. The number of rotatable bonds is 3. The van der Waals surface area contributed by atoms with E-state index in [0.717, 1.165) is 34.8 Å².